The lowest BCUT2D eigenvalue weighted by Crippen LogP contribution is -2.03. The number of ether oxygens (including phenoxy) is 1. The molecular formula is C13H15NO2. The van der Waals surface area contributed by atoms with E-state index in [2.05, 4.69) is 0 Å². The van der Waals surface area contributed by atoms with Gasteiger partial charge in [-0.15, -0.1) is 0 Å². The topological polar surface area (TPSA) is 31.2 Å². The van der Waals surface area contributed by atoms with E-state index >= 15 is 0 Å². The maximum absolute atomic E-state index is 11.7. The van der Waals surface area contributed by atoms with Gasteiger partial charge in [-0.25, -0.2) is 0 Å². The number of aromatic nitrogens is 1. The maximum Gasteiger partial charge on any atom is 0.178 e. The molecule has 0 aliphatic rings. The van der Waals surface area contributed by atoms with Gasteiger partial charge in [0.15, 0.2) is 5.78 Å². The molecule has 0 radical (unpaired) electrons. The van der Waals surface area contributed by atoms with Crippen molar-refractivity contribution in [1.82, 2.24) is 4.57 Å². The average molecular weight is 217 g/mol. The van der Waals surface area contributed by atoms with Crippen molar-refractivity contribution >= 4 is 16.7 Å². The quantitative estimate of drug-likeness (QED) is 0.740. The fourth-order valence-electron chi connectivity index (χ4n) is 1.89. The van der Waals surface area contributed by atoms with Gasteiger partial charge in [0.2, 0.25) is 0 Å². The molecule has 0 fully saturated rings. The van der Waals surface area contributed by atoms with E-state index in [1.54, 1.807) is 7.11 Å². The Balaban J connectivity index is 2.64. The first-order chi connectivity index (χ1) is 7.67. The monoisotopic (exact) mass is 217 g/mol. The zero-order valence-electron chi connectivity index (χ0n) is 9.78. The Kier molecular flexibility index (Phi) is 2.69. The number of methoxy groups -OCH3 is 1. The Morgan fingerprint density at radius 3 is 2.75 bits per heavy atom. The number of rotatable bonds is 3. The summed E-state index contributed by atoms with van der Waals surface area (Å²) in [7, 11) is 3.55. The third-order valence-electron chi connectivity index (χ3n) is 2.86. The largest absolute Gasteiger partial charge is 0.497 e. The molecule has 0 bridgehead atoms. The second kappa shape index (κ2) is 4.00. The van der Waals surface area contributed by atoms with Crippen molar-refractivity contribution in [2.75, 3.05) is 7.11 Å². The molecule has 3 heteroatoms. The minimum Gasteiger partial charge on any atom is -0.497 e. The zero-order valence-corrected chi connectivity index (χ0v) is 9.78. The molecule has 0 atom stereocenters. The van der Waals surface area contributed by atoms with Crippen LogP contribution in [0.15, 0.2) is 24.3 Å². The van der Waals surface area contributed by atoms with Gasteiger partial charge in [-0.3, -0.25) is 4.79 Å². The van der Waals surface area contributed by atoms with Gasteiger partial charge in [0.05, 0.1) is 18.3 Å². The van der Waals surface area contributed by atoms with Crippen molar-refractivity contribution in [3.63, 3.8) is 0 Å². The highest BCUT2D eigenvalue weighted by atomic mass is 16.5. The van der Waals surface area contributed by atoms with Crippen LogP contribution in [0.5, 0.6) is 5.75 Å². The summed E-state index contributed by atoms with van der Waals surface area (Å²) in [5.41, 5.74) is 1.78. The standard InChI is InChI=1S/C13H15NO2/c1-4-13(15)12-7-9-5-6-10(16-3)8-11(9)14(12)2/h5-8H,4H2,1-3H3. The van der Waals surface area contributed by atoms with Crippen molar-refractivity contribution in [2.24, 2.45) is 7.05 Å². The molecule has 0 N–H and O–H groups in total. The number of fused-ring (bicyclic) bond motifs is 1. The average Bonchev–Trinajstić information content (AvgIpc) is 2.65. The number of aryl methyl sites for hydroxylation is 1. The fourth-order valence-corrected chi connectivity index (χ4v) is 1.89. The summed E-state index contributed by atoms with van der Waals surface area (Å²) in [6.07, 6.45) is 0.529. The number of nitrogens with zero attached hydrogens (tertiary/aromatic N) is 1. The molecule has 0 saturated heterocycles. The lowest BCUT2D eigenvalue weighted by atomic mass is 10.2. The van der Waals surface area contributed by atoms with Crippen LogP contribution in [0.3, 0.4) is 0 Å². The minimum absolute atomic E-state index is 0.165. The zero-order chi connectivity index (χ0) is 11.7. The van der Waals surface area contributed by atoms with E-state index < -0.39 is 0 Å². The predicted molar refractivity (Wildman–Crippen MR) is 64.1 cm³/mol. The van der Waals surface area contributed by atoms with Crippen LogP contribution in [0.2, 0.25) is 0 Å². The molecule has 1 aromatic carbocycles. The highest BCUT2D eigenvalue weighted by Gasteiger charge is 2.11. The number of hydrogen-bond acceptors (Lipinski definition) is 2. The second-order valence-electron chi connectivity index (χ2n) is 3.79. The highest BCUT2D eigenvalue weighted by Crippen LogP contribution is 2.24. The first kappa shape index (κ1) is 10.7. The van der Waals surface area contributed by atoms with E-state index in [9.17, 15) is 4.79 Å². The third-order valence-corrected chi connectivity index (χ3v) is 2.86. The predicted octanol–water partition coefficient (Wildman–Crippen LogP) is 2.78. The maximum atomic E-state index is 11.7. The molecule has 1 heterocycles. The molecule has 0 saturated carbocycles. The van der Waals surface area contributed by atoms with Crippen molar-refractivity contribution in [1.29, 1.82) is 0 Å². The van der Waals surface area contributed by atoms with E-state index in [1.807, 2.05) is 42.8 Å². The highest BCUT2D eigenvalue weighted by molar-refractivity contribution is 6.00. The fraction of sp³-hybridized carbons (Fsp3) is 0.308. The molecule has 0 aliphatic carbocycles. The smallest absolute Gasteiger partial charge is 0.178 e. The van der Waals surface area contributed by atoms with Gasteiger partial charge in [-0.05, 0) is 18.2 Å². The van der Waals surface area contributed by atoms with Crippen LogP contribution < -0.4 is 4.74 Å². The normalized spacial score (nSPS) is 10.7. The molecule has 0 spiro atoms. The summed E-state index contributed by atoms with van der Waals surface area (Å²) in [5, 5.41) is 1.07. The number of hydrogen-bond donors (Lipinski definition) is 0. The van der Waals surface area contributed by atoms with Crippen LogP contribution in [0, 0.1) is 0 Å². The minimum atomic E-state index is 0.165. The van der Waals surface area contributed by atoms with Crippen LogP contribution in [-0.4, -0.2) is 17.5 Å². The Bertz CT molecular complexity index is 540. The summed E-state index contributed by atoms with van der Waals surface area (Å²) in [6, 6.07) is 7.76. The molecule has 2 rings (SSSR count). The van der Waals surface area contributed by atoms with Crippen LogP contribution in [0.25, 0.3) is 10.9 Å². The van der Waals surface area contributed by atoms with Crippen LogP contribution in [0.1, 0.15) is 23.8 Å². The third kappa shape index (κ3) is 1.58. The molecular weight excluding hydrogens is 202 g/mol. The number of ketones is 1. The van der Waals surface area contributed by atoms with Gasteiger partial charge in [-0.1, -0.05) is 6.92 Å². The van der Waals surface area contributed by atoms with Gasteiger partial charge in [0, 0.05) is 24.9 Å². The van der Waals surface area contributed by atoms with E-state index in [0.717, 1.165) is 22.3 Å². The van der Waals surface area contributed by atoms with Crippen molar-refractivity contribution in [3.8, 4) is 5.75 Å². The van der Waals surface area contributed by atoms with E-state index in [-0.39, 0.29) is 5.78 Å². The van der Waals surface area contributed by atoms with Gasteiger partial charge < -0.3 is 9.30 Å². The van der Waals surface area contributed by atoms with Crippen LogP contribution in [-0.2, 0) is 7.05 Å². The molecule has 3 nitrogen and oxygen atoms in total. The lowest BCUT2D eigenvalue weighted by molar-refractivity contribution is 0.0981. The molecule has 1 aromatic heterocycles. The van der Waals surface area contributed by atoms with Crippen LogP contribution in [0.4, 0.5) is 0 Å². The molecule has 2 aromatic rings. The van der Waals surface area contributed by atoms with Crippen LogP contribution >= 0.6 is 0 Å². The number of benzene rings is 1. The second-order valence-corrected chi connectivity index (χ2v) is 3.79. The van der Waals surface area contributed by atoms with Crippen molar-refractivity contribution < 1.29 is 9.53 Å². The first-order valence-corrected chi connectivity index (χ1v) is 5.34. The lowest BCUT2D eigenvalue weighted by Gasteiger charge is -2.03. The van der Waals surface area contributed by atoms with Gasteiger partial charge >= 0.3 is 0 Å². The molecule has 16 heavy (non-hydrogen) atoms. The Morgan fingerprint density at radius 1 is 1.38 bits per heavy atom. The van der Waals surface area contributed by atoms with E-state index in [1.165, 1.54) is 0 Å². The number of Topliss-reactive ketones (excluding diaryl/α,β-unsaturated/α-hetero) is 1. The van der Waals surface area contributed by atoms with E-state index in [0.29, 0.717) is 6.42 Å². The molecule has 0 unspecified atom stereocenters. The molecule has 84 valence electrons. The number of carbonyl (C=O) groups excluding carboxylic acids is 1. The summed E-state index contributed by atoms with van der Waals surface area (Å²) in [6.45, 7) is 1.88. The number of carbonyl (C=O) groups is 1. The van der Waals surface area contributed by atoms with Gasteiger partial charge in [0.1, 0.15) is 5.75 Å². The summed E-state index contributed by atoms with van der Waals surface area (Å²) >= 11 is 0. The van der Waals surface area contributed by atoms with Crippen molar-refractivity contribution in [3.05, 3.63) is 30.0 Å². The summed E-state index contributed by atoms with van der Waals surface area (Å²) in [5.74, 6) is 0.974. The SMILES string of the molecule is CCC(=O)c1cc2ccc(OC)cc2n1C. The Hall–Kier alpha value is -1.77. The Labute approximate surface area is 94.6 Å². The Morgan fingerprint density at radius 2 is 2.12 bits per heavy atom. The molecule has 0 amide bonds. The van der Waals surface area contributed by atoms with Gasteiger partial charge in [0.25, 0.3) is 0 Å². The van der Waals surface area contributed by atoms with Crippen molar-refractivity contribution in [2.45, 2.75) is 13.3 Å². The summed E-state index contributed by atoms with van der Waals surface area (Å²) < 4.78 is 7.10. The summed E-state index contributed by atoms with van der Waals surface area (Å²) in [4.78, 5) is 11.7. The van der Waals surface area contributed by atoms with E-state index in [4.69, 9.17) is 4.74 Å². The first-order valence-electron chi connectivity index (χ1n) is 5.34. The van der Waals surface area contributed by atoms with Gasteiger partial charge in [-0.2, -0.15) is 0 Å². The molecule has 0 aliphatic heterocycles.